The van der Waals surface area contributed by atoms with Gasteiger partial charge in [0.15, 0.2) is 5.13 Å². The van der Waals surface area contributed by atoms with Gasteiger partial charge in [0.2, 0.25) is 0 Å². The van der Waals surface area contributed by atoms with Gasteiger partial charge in [0, 0.05) is 5.69 Å². The molecule has 1 aromatic carbocycles. The number of nitrogen functional groups attached to an aromatic ring is 1. The molecule has 5 heteroatoms. The van der Waals surface area contributed by atoms with E-state index in [2.05, 4.69) is 17.2 Å². The van der Waals surface area contributed by atoms with Crippen LogP contribution in [0.4, 0.5) is 10.8 Å². The lowest BCUT2D eigenvalue weighted by molar-refractivity contribution is 0.149. The molecule has 108 valence electrons. The zero-order chi connectivity index (χ0) is 14.2. The van der Waals surface area contributed by atoms with Crippen LogP contribution in [0.1, 0.15) is 32.6 Å². The van der Waals surface area contributed by atoms with Gasteiger partial charge in [0.25, 0.3) is 0 Å². The first-order valence-electron chi connectivity index (χ1n) is 7.15. The van der Waals surface area contributed by atoms with Crippen LogP contribution in [0, 0.1) is 5.92 Å². The van der Waals surface area contributed by atoms with Crippen LogP contribution in [0.3, 0.4) is 0 Å². The van der Waals surface area contributed by atoms with Crippen molar-refractivity contribution in [1.29, 1.82) is 0 Å². The van der Waals surface area contributed by atoms with E-state index in [1.165, 1.54) is 6.42 Å². The van der Waals surface area contributed by atoms with Crippen molar-refractivity contribution < 1.29 is 5.11 Å². The zero-order valence-corrected chi connectivity index (χ0v) is 12.5. The van der Waals surface area contributed by atoms with Gasteiger partial charge in [-0.05, 0) is 37.0 Å². The van der Waals surface area contributed by atoms with Crippen molar-refractivity contribution >= 4 is 32.4 Å². The van der Waals surface area contributed by atoms with Crippen molar-refractivity contribution in [3.05, 3.63) is 18.2 Å². The average molecular weight is 291 g/mol. The molecule has 2 atom stereocenters. The van der Waals surface area contributed by atoms with Crippen molar-refractivity contribution in [1.82, 2.24) is 4.98 Å². The topological polar surface area (TPSA) is 71.2 Å². The summed E-state index contributed by atoms with van der Waals surface area (Å²) in [6, 6.07) is 5.77. The molecule has 0 saturated heterocycles. The second-order valence-electron chi connectivity index (χ2n) is 6.01. The van der Waals surface area contributed by atoms with Crippen molar-refractivity contribution in [2.75, 3.05) is 17.7 Å². The largest absolute Gasteiger partial charge is 0.399 e. The third-order valence-corrected chi connectivity index (χ3v) is 5.11. The molecule has 1 aliphatic carbocycles. The van der Waals surface area contributed by atoms with Crippen LogP contribution in [-0.4, -0.2) is 22.2 Å². The second kappa shape index (κ2) is 5.22. The van der Waals surface area contributed by atoms with Crippen LogP contribution in [-0.2, 0) is 0 Å². The minimum Gasteiger partial charge on any atom is -0.399 e. The maximum Gasteiger partial charge on any atom is 0.184 e. The van der Waals surface area contributed by atoms with Gasteiger partial charge in [-0.1, -0.05) is 31.1 Å². The molecule has 0 spiro atoms. The van der Waals surface area contributed by atoms with Gasteiger partial charge in [-0.15, -0.1) is 0 Å². The normalized spacial score (nSPS) is 26.8. The van der Waals surface area contributed by atoms with Crippen molar-refractivity contribution in [3.8, 4) is 0 Å². The highest BCUT2D eigenvalue weighted by molar-refractivity contribution is 7.22. The minimum atomic E-state index is -0.211. The molecular formula is C15H21N3OS. The second-order valence-corrected chi connectivity index (χ2v) is 7.04. The fourth-order valence-corrected chi connectivity index (χ4v) is 4.21. The number of anilines is 2. The molecule has 4 nitrogen and oxygen atoms in total. The highest BCUT2D eigenvalue weighted by atomic mass is 32.1. The number of hydrogen-bond acceptors (Lipinski definition) is 5. The van der Waals surface area contributed by atoms with E-state index in [4.69, 9.17) is 5.73 Å². The molecule has 1 aliphatic rings. The molecule has 1 saturated carbocycles. The van der Waals surface area contributed by atoms with E-state index in [9.17, 15) is 5.11 Å². The van der Waals surface area contributed by atoms with E-state index in [1.54, 1.807) is 11.3 Å². The van der Waals surface area contributed by atoms with E-state index in [0.717, 1.165) is 40.3 Å². The molecule has 1 aromatic heterocycles. The smallest absolute Gasteiger partial charge is 0.184 e. The van der Waals surface area contributed by atoms with Crippen LogP contribution in [0.2, 0.25) is 0 Å². The number of benzene rings is 1. The van der Waals surface area contributed by atoms with Gasteiger partial charge in [0.1, 0.15) is 0 Å². The fraction of sp³-hybridized carbons (Fsp3) is 0.533. The van der Waals surface area contributed by atoms with Crippen molar-refractivity contribution in [2.45, 2.75) is 38.1 Å². The number of aliphatic hydroxyl groups excluding tert-OH is 1. The Balaban J connectivity index is 1.87. The Morgan fingerprint density at radius 3 is 3.15 bits per heavy atom. The van der Waals surface area contributed by atoms with Crippen molar-refractivity contribution in [2.24, 2.45) is 5.92 Å². The summed E-state index contributed by atoms with van der Waals surface area (Å²) in [6.45, 7) is 2.42. The Kier molecular flexibility index (Phi) is 3.56. The first-order valence-corrected chi connectivity index (χ1v) is 7.97. The summed E-state index contributed by atoms with van der Waals surface area (Å²) in [4.78, 5) is 4.61. The summed E-state index contributed by atoms with van der Waals surface area (Å²) in [5.74, 6) is 0.647. The average Bonchev–Trinajstić information content (AvgIpc) is 2.79. The lowest BCUT2D eigenvalue weighted by atomic mass is 9.77. The first kappa shape index (κ1) is 13.6. The predicted octanol–water partition coefficient (Wildman–Crippen LogP) is 3.23. The molecule has 0 aliphatic heterocycles. The van der Waals surface area contributed by atoms with Gasteiger partial charge < -0.3 is 16.2 Å². The van der Waals surface area contributed by atoms with Gasteiger partial charge in [0.05, 0.1) is 22.4 Å². The lowest BCUT2D eigenvalue weighted by Crippen LogP contribution is -2.45. The maximum absolute atomic E-state index is 9.83. The van der Waals surface area contributed by atoms with Crippen LogP contribution in [0.15, 0.2) is 18.2 Å². The summed E-state index contributed by atoms with van der Waals surface area (Å²) < 4.78 is 1.09. The Bertz CT molecular complexity index is 612. The lowest BCUT2D eigenvalue weighted by Gasteiger charge is -2.39. The summed E-state index contributed by atoms with van der Waals surface area (Å²) in [5.41, 5.74) is 7.32. The molecular weight excluding hydrogens is 270 g/mol. The predicted molar refractivity (Wildman–Crippen MR) is 85.1 cm³/mol. The monoisotopic (exact) mass is 291 g/mol. The number of aromatic nitrogens is 1. The molecule has 2 aromatic rings. The highest BCUT2D eigenvalue weighted by Gasteiger charge is 2.35. The summed E-state index contributed by atoms with van der Waals surface area (Å²) in [7, 11) is 0. The SMILES string of the molecule is CC1CCCC(CO)(Nc2nc3ccc(N)cc3s2)C1. The summed E-state index contributed by atoms with van der Waals surface area (Å²) in [5, 5.41) is 14.2. The summed E-state index contributed by atoms with van der Waals surface area (Å²) >= 11 is 1.61. The number of thiazole rings is 1. The molecule has 2 unspecified atom stereocenters. The first-order chi connectivity index (χ1) is 9.60. The number of nitrogens with two attached hydrogens (primary N) is 1. The fourth-order valence-electron chi connectivity index (χ4n) is 3.18. The Labute approximate surface area is 123 Å². The standard InChI is InChI=1S/C15H21N3OS/c1-10-3-2-6-15(8-10,9-19)18-14-17-12-5-4-11(16)7-13(12)20-14/h4-5,7,10,19H,2-3,6,8-9,16H2,1H3,(H,17,18). The quantitative estimate of drug-likeness (QED) is 0.759. The van der Waals surface area contributed by atoms with E-state index < -0.39 is 0 Å². The van der Waals surface area contributed by atoms with E-state index in [-0.39, 0.29) is 12.1 Å². The van der Waals surface area contributed by atoms with Gasteiger partial charge in [-0.25, -0.2) is 4.98 Å². The number of fused-ring (bicyclic) bond motifs is 1. The van der Waals surface area contributed by atoms with Gasteiger partial charge >= 0.3 is 0 Å². The zero-order valence-electron chi connectivity index (χ0n) is 11.7. The highest BCUT2D eigenvalue weighted by Crippen LogP contribution is 2.37. The third kappa shape index (κ3) is 2.60. The van der Waals surface area contributed by atoms with Crippen molar-refractivity contribution in [3.63, 3.8) is 0 Å². The number of nitrogens with zero attached hydrogens (tertiary/aromatic N) is 1. The van der Waals surface area contributed by atoms with Crippen LogP contribution < -0.4 is 11.1 Å². The molecule has 0 radical (unpaired) electrons. The number of aliphatic hydroxyl groups is 1. The third-order valence-electron chi connectivity index (χ3n) is 4.18. The van der Waals surface area contributed by atoms with E-state index >= 15 is 0 Å². The Hall–Kier alpha value is -1.33. The minimum absolute atomic E-state index is 0.162. The van der Waals surface area contributed by atoms with E-state index in [0.29, 0.717) is 5.92 Å². The Morgan fingerprint density at radius 1 is 1.55 bits per heavy atom. The summed E-state index contributed by atoms with van der Waals surface area (Å²) in [6.07, 6.45) is 4.42. The Morgan fingerprint density at radius 2 is 2.40 bits per heavy atom. The molecule has 0 amide bonds. The van der Waals surface area contributed by atoms with E-state index in [1.807, 2.05) is 18.2 Å². The maximum atomic E-state index is 9.83. The van der Waals surface area contributed by atoms with Crippen LogP contribution >= 0.6 is 11.3 Å². The number of nitrogens with one attached hydrogen (secondary N) is 1. The molecule has 3 rings (SSSR count). The molecule has 20 heavy (non-hydrogen) atoms. The molecule has 1 heterocycles. The number of hydrogen-bond donors (Lipinski definition) is 3. The van der Waals surface area contributed by atoms with Crippen LogP contribution in [0.5, 0.6) is 0 Å². The number of rotatable bonds is 3. The molecule has 0 bridgehead atoms. The van der Waals surface area contributed by atoms with Gasteiger partial charge in [-0.2, -0.15) is 0 Å². The molecule has 1 fully saturated rings. The van der Waals surface area contributed by atoms with Gasteiger partial charge in [-0.3, -0.25) is 0 Å². The molecule has 4 N–H and O–H groups in total. The van der Waals surface area contributed by atoms with Crippen LogP contribution in [0.25, 0.3) is 10.2 Å².